The van der Waals surface area contributed by atoms with E-state index in [1.54, 1.807) is 12.1 Å². The van der Waals surface area contributed by atoms with Gasteiger partial charge in [0.2, 0.25) is 11.7 Å². The second kappa shape index (κ2) is 8.02. The number of halogens is 3. The Morgan fingerprint density at radius 1 is 1.11 bits per heavy atom. The minimum Gasteiger partial charge on any atom is -0.353 e. The van der Waals surface area contributed by atoms with Crippen LogP contribution in [0, 0.1) is 0 Å². The lowest BCUT2D eigenvalue weighted by atomic mass is 10.1. The summed E-state index contributed by atoms with van der Waals surface area (Å²) in [6, 6.07) is 15.8. The van der Waals surface area contributed by atoms with Gasteiger partial charge in [0, 0.05) is 6.54 Å². The van der Waals surface area contributed by atoms with Gasteiger partial charge >= 0.3 is 6.18 Å². The van der Waals surface area contributed by atoms with E-state index >= 15 is 0 Å². The van der Waals surface area contributed by atoms with Gasteiger partial charge in [-0.25, -0.2) is 4.98 Å². The Kier molecular flexibility index (Phi) is 5.69. The number of benzene rings is 2. The third-order valence-corrected chi connectivity index (χ3v) is 4.51. The largest absolute Gasteiger partial charge is 0.449 e. The van der Waals surface area contributed by atoms with E-state index in [1.807, 2.05) is 49.3 Å². The van der Waals surface area contributed by atoms with Crippen LogP contribution in [0.1, 0.15) is 17.4 Å². The number of amides is 1. The van der Waals surface area contributed by atoms with Crippen molar-refractivity contribution in [3.8, 4) is 0 Å². The number of likely N-dealkylation sites (N-methyl/N-ethyl adjacent to an activating group) is 1. The van der Waals surface area contributed by atoms with Crippen molar-refractivity contribution in [2.45, 2.75) is 18.8 Å². The number of para-hydroxylation sites is 2. The number of rotatable bonds is 6. The summed E-state index contributed by atoms with van der Waals surface area (Å²) in [4.78, 5) is 18.1. The molecule has 2 aromatic carbocycles. The molecule has 0 aliphatic heterocycles. The Morgan fingerprint density at radius 2 is 1.75 bits per heavy atom. The summed E-state index contributed by atoms with van der Waals surface area (Å²) in [5, 5.41) is 2.75. The van der Waals surface area contributed by atoms with Crippen molar-refractivity contribution in [1.82, 2.24) is 19.8 Å². The quantitative estimate of drug-likeness (QED) is 0.701. The lowest BCUT2D eigenvalue weighted by Gasteiger charge is -2.25. The van der Waals surface area contributed by atoms with Gasteiger partial charge in [0.25, 0.3) is 0 Å². The number of aromatic nitrogens is 2. The average molecular weight is 390 g/mol. The van der Waals surface area contributed by atoms with Gasteiger partial charge in [-0.05, 0) is 31.8 Å². The molecule has 5 nitrogen and oxygen atoms in total. The van der Waals surface area contributed by atoms with Gasteiger partial charge in [-0.2, -0.15) is 13.2 Å². The maximum absolute atomic E-state index is 13.4. The standard InChI is InChI=1S/C20H21F3N4O/c1-26(2)17(14-8-4-3-5-9-14)12-24-18(28)13-27-16-11-7-6-10-15(16)25-19(27)20(21,22)23/h3-11,17H,12-13H2,1-2H3,(H,24,28). The highest BCUT2D eigenvalue weighted by Crippen LogP contribution is 2.31. The normalized spacial score (nSPS) is 13.1. The molecule has 1 unspecified atom stereocenters. The van der Waals surface area contributed by atoms with Crippen molar-refractivity contribution in [1.29, 1.82) is 0 Å². The van der Waals surface area contributed by atoms with E-state index in [9.17, 15) is 18.0 Å². The van der Waals surface area contributed by atoms with E-state index in [2.05, 4.69) is 10.3 Å². The van der Waals surface area contributed by atoms with Crippen LogP contribution in [0.2, 0.25) is 0 Å². The predicted octanol–water partition coefficient (Wildman–Crippen LogP) is 3.47. The summed E-state index contributed by atoms with van der Waals surface area (Å²) < 4.78 is 41.0. The first-order valence-electron chi connectivity index (χ1n) is 8.78. The number of nitrogens with zero attached hydrogens (tertiary/aromatic N) is 3. The first kappa shape index (κ1) is 19.9. The van der Waals surface area contributed by atoms with Crippen LogP contribution in [0.3, 0.4) is 0 Å². The molecule has 8 heteroatoms. The van der Waals surface area contributed by atoms with E-state index in [4.69, 9.17) is 0 Å². The number of nitrogens with one attached hydrogen (secondary N) is 1. The van der Waals surface area contributed by atoms with Gasteiger partial charge < -0.3 is 14.8 Å². The van der Waals surface area contributed by atoms with Crippen molar-refractivity contribution < 1.29 is 18.0 Å². The predicted molar refractivity (Wildman–Crippen MR) is 101 cm³/mol. The highest BCUT2D eigenvalue weighted by Gasteiger charge is 2.38. The third-order valence-electron chi connectivity index (χ3n) is 4.51. The summed E-state index contributed by atoms with van der Waals surface area (Å²) in [6.07, 6.45) is -4.64. The highest BCUT2D eigenvalue weighted by atomic mass is 19.4. The summed E-state index contributed by atoms with van der Waals surface area (Å²) in [6.45, 7) is -0.172. The smallest absolute Gasteiger partial charge is 0.353 e. The minimum atomic E-state index is -4.64. The zero-order chi connectivity index (χ0) is 20.3. The van der Waals surface area contributed by atoms with Gasteiger partial charge in [-0.15, -0.1) is 0 Å². The molecular formula is C20H21F3N4O. The SMILES string of the molecule is CN(C)C(CNC(=O)Cn1c(C(F)(F)F)nc2ccccc21)c1ccccc1. The second-order valence-corrected chi connectivity index (χ2v) is 6.70. The van der Waals surface area contributed by atoms with Crippen LogP contribution in [0.5, 0.6) is 0 Å². The molecule has 0 aliphatic rings. The molecule has 1 N–H and O–H groups in total. The molecule has 3 rings (SSSR count). The first-order valence-corrected chi connectivity index (χ1v) is 8.78. The number of alkyl halides is 3. The summed E-state index contributed by atoms with van der Waals surface area (Å²) in [7, 11) is 3.77. The number of carbonyl (C=O) groups is 1. The summed E-state index contributed by atoms with van der Waals surface area (Å²) >= 11 is 0. The number of fused-ring (bicyclic) bond motifs is 1. The zero-order valence-electron chi connectivity index (χ0n) is 15.6. The number of hydrogen-bond donors (Lipinski definition) is 1. The van der Waals surface area contributed by atoms with E-state index < -0.39 is 24.5 Å². The van der Waals surface area contributed by atoms with Crippen LogP contribution in [-0.4, -0.2) is 41.0 Å². The van der Waals surface area contributed by atoms with Crippen molar-refractivity contribution in [3.63, 3.8) is 0 Å². The molecule has 0 aliphatic carbocycles. The Balaban J connectivity index is 1.78. The third kappa shape index (κ3) is 4.33. The molecule has 0 saturated heterocycles. The molecule has 0 fully saturated rings. The first-order chi connectivity index (χ1) is 13.3. The Labute approximate surface area is 160 Å². The highest BCUT2D eigenvalue weighted by molar-refractivity contribution is 5.81. The fraction of sp³-hybridized carbons (Fsp3) is 0.300. The molecule has 1 amide bonds. The topological polar surface area (TPSA) is 50.2 Å². The van der Waals surface area contributed by atoms with Gasteiger partial charge in [0.15, 0.2) is 0 Å². The van der Waals surface area contributed by atoms with Crippen LogP contribution in [-0.2, 0) is 17.5 Å². The van der Waals surface area contributed by atoms with E-state index in [-0.39, 0.29) is 23.6 Å². The zero-order valence-corrected chi connectivity index (χ0v) is 15.6. The molecule has 1 heterocycles. The lowest BCUT2D eigenvalue weighted by molar-refractivity contribution is -0.147. The Bertz CT molecular complexity index is 951. The minimum absolute atomic E-state index is 0.0910. The van der Waals surface area contributed by atoms with Crippen LogP contribution < -0.4 is 5.32 Å². The molecule has 1 aromatic heterocycles. The van der Waals surface area contributed by atoms with E-state index in [0.717, 1.165) is 10.1 Å². The van der Waals surface area contributed by atoms with Crippen molar-refractivity contribution in [2.75, 3.05) is 20.6 Å². The molecule has 0 spiro atoms. The average Bonchev–Trinajstić information content (AvgIpc) is 3.01. The Morgan fingerprint density at radius 3 is 2.39 bits per heavy atom. The molecular weight excluding hydrogens is 369 g/mol. The van der Waals surface area contributed by atoms with Gasteiger partial charge in [-0.3, -0.25) is 4.79 Å². The van der Waals surface area contributed by atoms with E-state index in [0.29, 0.717) is 0 Å². The summed E-state index contributed by atoms with van der Waals surface area (Å²) in [5.41, 5.74) is 1.49. The van der Waals surface area contributed by atoms with Crippen molar-refractivity contribution in [3.05, 3.63) is 66.0 Å². The molecule has 0 bridgehead atoms. The summed E-state index contributed by atoms with van der Waals surface area (Å²) in [5.74, 6) is -1.58. The number of carbonyl (C=O) groups excluding carboxylic acids is 1. The van der Waals surface area contributed by atoms with Gasteiger partial charge in [0.05, 0.1) is 17.1 Å². The number of imidazole rings is 1. The van der Waals surface area contributed by atoms with E-state index in [1.165, 1.54) is 12.1 Å². The lowest BCUT2D eigenvalue weighted by Crippen LogP contribution is -2.36. The van der Waals surface area contributed by atoms with Gasteiger partial charge in [0.1, 0.15) is 6.54 Å². The fourth-order valence-electron chi connectivity index (χ4n) is 3.14. The molecule has 0 radical (unpaired) electrons. The van der Waals surface area contributed by atoms with Crippen molar-refractivity contribution in [2.24, 2.45) is 0 Å². The second-order valence-electron chi connectivity index (χ2n) is 6.70. The molecule has 3 aromatic rings. The van der Waals surface area contributed by atoms with Crippen molar-refractivity contribution >= 4 is 16.9 Å². The number of hydrogen-bond acceptors (Lipinski definition) is 3. The molecule has 28 heavy (non-hydrogen) atoms. The molecule has 1 atom stereocenters. The Hall–Kier alpha value is -2.87. The van der Waals surface area contributed by atoms with Gasteiger partial charge in [-0.1, -0.05) is 42.5 Å². The van der Waals surface area contributed by atoms with Crippen LogP contribution in [0.15, 0.2) is 54.6 Å². The fourth-order valence-corrected chi connectivity index (χ4v) is 3.14. The molecule has 148 valence electrons. The van der Waals surface area contributed by atoms with Crippen LogP contribution in [0.4, 0.5) is 13.2 Å². The molecule has 0 saturated carbocycles. The monoisotopic (exact) mass is 390 g/mol. The van der Waals surface area contributed by atoms with Crippen LogP contribution in [0.25, 0.3) is 11.0 Å². The maximum Gasteiger partial charge on any atom is 0.449 e. The maximum atomic E-state index is 13.4. The van der Waals surface area contributed by atoms with Crippen LogP contribution >= 0.6 is 0 Å².